The number of aromatic nitrogens is 1. The van der Waals surface area contributed by atoms with Crippen molar-refractivity contribution in [1.29, 1.82) is 0 Å². The fourth-order valence-electron chi connectivity index (χ4n) is 1.61. The maximum Gasteiger partial charge on any atom is 0.150 e. The van der Waals surface area contributed by atoms with Crippen molar-refractivity contribution in [2.45, 2.75) is 20.0 Å². The Bertz CT molecular complexity index is 480. The summed E-state index contributed by atoms with van der Waals surface area (Å²) in [5, 5.41) is 7.13. The SMILES string of the molecule is COc1cccc(CNCc2cc(C)no2)c1. The lowest BCUT2D eigenvalue weighted by atomic mass is 10.2. The molecular formula is C13H16N2O2. The molecule has 90 valence electrons. The molecule has 0 fully saturated rings. The molecule has 0 saturated carbocycles. The van der Waals surface area contributed by atoms with Gasteiger partial charge in [-0.2, -0.15) is 0 Å². The van der Waals surface area contributed by atoms with Crippen LogP contribution in [0, 0.1) is 6.92 Å². The highest BCUT2D eigenvalue weighted by Crippen LogP contribution is 2.12. The Kier molecular flexibility index (Phi) is 3.77. The summed E-state index contributed by atoms with van der Waals surface area (Å²) >= 11 is 0. The van der Waals surface area contributed by atoms with Gasteiger partial charge in [0.25, 0.3) is 0 Å². The van der Waals surface area contributed by atoms with Crippen molar-refractivity contribution in [3.8, 4) is 5.75 Å². The van der Waals surface area contributed by atoms with Crippen LogP contribution in [-0.4, -0.2) is 12.3 Å². The van der Waals surface area contributed by atoms with Crippen LogP contribution in [0.2, 0.25) is 0 Å². The summed E-state index contributed by atoms with van der Waals surface area (Å²) in [6, 6.07) is 9.91. The van der Waals surface area contributed by atoms with Gasteiger partial charge in [-0.25, -0.2) is 0 Å². The number of benzene rings is 1. The van der Waals surface area contributed by atoms with Crippen molar-refractivity contribution in [3.05, 3.63) is 47.3 Å². The van der Waals surface area contributed by atoms with Crippen molar-refractivity contribution < 1.29 is 9.26 Å². The van der Waals surface area contributed by atoms with E-state index in [4.69, 9.17) is 9.26 Å². The molecule has 1 aromatic carbocycles. The normalized spacial score (nSPS) is 10.5. The average molecular weight is 232 g/mol. The molecule has 0 unspecified atom stereocenters. The first-order chi connectivity index (χ1) is 8.28. The van der Waals surface area contributed by atoms with E-state index in [1.165, 1.54) is 5.56 Å². The van der Waals surface area contributed by atoms with Crippen LogP contribution in [0.5, 0.6) is 5.75 Å². The highest BCUT2D eigenvalue weighted by Gasteiger charge is 2.00. The van der Waals surface area contributed by atoms with Gasteiger partial charge < -0.3 is 14.6 Å². The Balaban J connectivity index is 1.85. The maximum absolute atomic E-state index is 5.17. The molecule has 0 aliphatic heterocycles. The first kappa shape index (κ1) is 11.7. The van der Waals surface area contributed by atoms with Crippen LogP contribution in [0.15, 0.2) is 34.9 Å². The lowest BCUT2D eigenvalue weighted by Gasteiger charge is -2.05. The molecule has 4 heteroatoms. The number of hydrogen-bond donors (Lipinski definition) is 1. The Morgan fingerprint density at radius 2 is 2.18 bits per heavy atom. The number of hydrogen-bond acceptors (Lipinski definition) is 4. The minimum absolute atomic E-state index is 0.679. The number of rotatable bonds is 5. The fourth-order valence-corrected chi connectivity index (χ4v) is 1.61. The molecule has 0 saturated heterocycles. The average Bonchev–Trinajstić information content (AvgIpc) is 2.75. The zero-order valence-electron chi connectivity index (χ0n) is 10.1. The van der Waals surface area contributed by atoms with Gasteiger partial charge in [0.1, 0.15) is 5.75 Å². The zero-order chi connectivity index (χ0) is 12.1. The van der Waals surface area contributed by atoms with E-state index in [1.54, 1.807) is 7.11 Å². The van der Waals surface area contributed by atoms with Crippen molar-refractivity contribution in [1.82, 2.24) is 10.5 Å². The second kappa shape index (κ2) is 5.50. The van der Waals surface area contributed by atoms with Crippen LogP contribution in [-0.2, 0) is 13.1 Å². The van der Waals surface area contributed by atoms with E-state index in [9.17, 15) is 0 Å². The van der Waals surface area contributed by atoms with Crippen LogP contribution in [0.3, 0.4) is 0 Å². The summed E-state index contributed by atoms with van der Waals surface area (Å²) in [6.45, 7) is 3.37. The predicted octanol–water partition coefficient (Wildman–Crippen LogP) is 2.28. The van der Waals surface area contributed by atoms with Crippen molar-refractivity contribution in [2.75, 3.05) is 7.11 Å². The summed E-state index contributed by atoms with van der Waals surface area (Å²) < 4.78 is 10.3. The van der Waals surface area contributed by atoms with Gasteiger partial charge in [-0.05, 0) is 24.6 Å². The van der Waals surface area contributed by atoms with Crippen LogP contribution in [0.1, 0.15) is 17.0 Å². The quantitative estimate of drug-likeness (QED) is 0.859. The van der Waals surface area contributed by atoms with E-state index in [1.807, 2.05) is 31.2 Å². The van der Waals surface area contributed by atoms with Gasteiger partial charge in [-0.3, -0.25) is 0 Å². The largest absolute Gasteiger partial charge is 0.497 e. The topological polar surface area (TPSA) is 47.3 Å². The van der Waals surface area contributed by atoms with Crippen molar-refractivity contribution in [3.63, 3.8) is 0 Å². The maximum atomic E-state index is 5.17. The summed E-state index contributed by atoms with van der Waals surface area (Å²) in [6.07, 6.45) is 0. The molecule has 2 aromatic rings. The van der Waals surface area contributed by atoms with Gasteiger partial charge in [0.2, 0.25) is 0 Å². The minimum Gasteiger partial charge on any atom is -0.497 e. The molecule has 0 aliphatic carbocycles. The summed E-state index contributed by atoms with van der Waals surface area (Å²) in [4.78, 5) is 0. The second-order valence-corrected chi connectivity index (χ2v) is 3.89. The second-order valence-electron chi connectivity index (χ2n) is 3.89. The molecule has 1 aromatic heterocycles. The van der Waals surface area contributed by atoms with Gasteiger partial charge in [0, 0.05) is 12.6 Å². The van der Waals surface area contributed by atoms with Crippen molar-refractivity contribution in [2.24, 2.45) is 0 Å². The third-order valence-electron chi connectivity index (χ3n) is 2.44. The molecule has 0 aliphatic rings. The predicted molar refractivity (Wildman–Crippen MR) is 64.8 cm³/mol. The van der Waals surface area contributed by atoms with Gasteiger partial charge in [0.15, 0.2) is 5.76 Å². The number of nitrogens with zero attached hydrogens (tertiary/aromatic N) is 1. The Morgan fingerprint density at radius 1 is 1.29 bits per heavy atom. The summed E-state index contributed by atoms with van der Waals surface area (Å²) in [5.74, 6) is 1.73. The molecule has 0 spiro atoms. The van der Waals surface area contributed by atoms with E-state index in [0.717, 1.165) is 23.7 Å². The molecule has 0 radical (unpaired) electrons. The summed E-state index contributed by atoms with van der Waals surface area (Å²) in [7, 11) is 1.67. The molecule has 4 nitrogen and oxygen atoms in total. The van der Waals surface area contributed by atoms with Crippen molar-refractivity contribution >= 4 is 0 Å². The molecular weight excluding hydrogens is 216 g/mol. The van der Waals surface area contributed by atoms with Crippen LogP contribution in [0.25, 0.3) is 0 Å². The van der Waals surface area contributed by atoms with Gasteiger partial charge in [-0.1, -0.05) is 17.3 Å². The lowest BCUT2D eigenvalue weighted by molar-refractivity contribution is 0.369. The molecule has 1 N–H and O–H groups in total. The van der Waals surface area contributed by atoms with Gasteiger partial charge in [-0.15, -0.1) is 0 Å². The van der Waals surface area contributed by atoms with E-state index in [-0.39, 0.29) is 0 Å². The Morgan fingerprint density at radius 3 is 2.88 bits per heavy atom. The number of ether oxygens (including phenoxy) is 1. The highest BCUT2D eigenvalue weighted by atomic mass is 16.5. The first-order valence-electron chi connectivity index (χ1n) is 5.54. The van der Waals surface area contributed by atoms with E-state index >= 15 is 0 Å². The minimum atomic E-state index is 0.679. The highest BCUT2D eigenvalue weighted by molar-refractivity contribution is 5.28. The Hall–Kier alpha value is -1.81. The van der Waals surface area contributed by atoms with Crippen LogP contribution in [0.4, 0.5) is 0 Å². The molecule has 1 heterocycles. The fraction of sp³-hybridized carbons (Fsp3) is 0.308. The molecule has 2 rings (SSSR count). The molecule has 0 bridgehead atoms. The monoisotopic (exact) mass is 232 g/mol. The third-order valence-corrected chi connectivity index (χ3v) is 2.44. The van der Waals surface area contributed by atoms with E-state index in [2.05, 4.69) is 16.5 Å². The first-order valence-corrected chi connectivity index (χ1v) is 5.54. The smallest absolute Gasteiger partial charge is 0.150 e. The number of nitrogens with one attached hydrogen (secondary N) is 1. The zero-order valence-corrected chi connectivity index (χ0v) is 10.1. The third kappa shape index (κ3) is 3.32. The summed E-state index contributed by atoms with van der Waals surface area (Å²) in [5.41, 5.74) is 2.09. The van der Waals surface area contributed by atoms with Crippen LogP contribution >= 0.6 is 0 Å². The number of methoxy groups -OCH3 is 1. The van der Waals surface area contributed by atoms with Crippen LogP contribution < -0.4 is 10.1 Å². The van der Waals surface area contributed by atoms with E-state index < -0.39 is 0 Å². The lowest BCUT2D eigenvalue weighted by Crippen LogP contribution is -2.12. The number of aryl methyl sites for hydroxylation is 1. The molecule has 0 amide bonds. The Labute approximate surface area is 101 Å². The van der Waals surface area contributed by atoms with Gasteiger partial charge >= 0.3 is 0 Å². The molecule has 17 heavy (non-hydrogen) atoms. The van der Waals surface area contributed by atoms with E-state index in [0.29, 0.717) is 6.54 Å². The standard InChI is InChI=1S/C13H16N2O2/c1-10-6-13(17-15-10)9-14-8-11-4-3-5-12(7-11)16-2/h3-7,14H,8-9H2,1-2H3. The van der Waals surface area contributed by atoms with Gasteiger partial charge in [0.05, 0.1) is 19.3 Å². The molecule has 0 atom stereocenters.